The maximum atomic E-state index is 12.1. The Morgan fingerprint density at radius 2 is 2.10 bits per heavy atom. The Morgan fingerprint density at radius 3 is 2.70 bits per heavy atom. The maximum Gasteiger partial charge on any atom is 0.337 e. The van der Waals surface area contributed by atoms with Gasteiger partial charge < -0.3 is 20.1 Å². The number of aliphatic hydroxyl groups excluding tert-OH is 1. The monoisotopic (exact) mass is 278 g/mol. The number of methoxy groups -OCH3 is 1. The van der Waals surface area contributed by atoms with Gasteiger partial charge in [-0.25, -0.2) is 9.59 Å². The van der Waals surface area contributed by atoms with Crippen molar-refractivity contribution in [3.63, 3.8) is 0 Å². The van der Waals surface area contributed by atoms with Crippen molar-refractivity contribution in [3.05, 3.63) is 29.8 Å². The Kier molecular flexibility index (Phi) is 4.57. The number of ether oxygens (including phenoxy) is 1. The number of anilines is 1. The van der Waals surface area contributed by atoms with E-state index in [4.69, 9.17) is 0 Å². The van der Waals surface area contributed by atoms with Crippen LogP contribution in [0, 0.1) is 0 Å². The summed E-state index contributed by atoms with van der Waals surface area (Å²) in [5.41, 5.74) is 1.03. The SMILES string of the molecule is COC(=O)c1ccc(NC(=O)N2CCC[C@H]2CO)cc1. The number of urea groups is 1. The molecule has 0 spiro atoms. The molecule has 2 amide bonds. The minimum Gasteiger partial charge on any atom is -0.465 e. The van der Waals surface area contributed by atoms with E-state index in [1.807, 2.05) is 0 Å². The fourth-order valence-electron chi connectivity index (χ4n) is 2.30. The molecule has 0 aliphatic carbocycles. The van der Waals surface area contributed by atoms with E-state index in [-0.39, 0.29) is 18.7 Å². The van der Waals surface area contributed by atoms with E-state index < -0.39 is 5.97 Å². The largest absolute Gasteiger partial charge is 0.465 e. The third-order valence-electron chi connectivity index (χ3n) is 3.41. The summed E-state index contributed by atoms with van der Waals surface area (Å²) < 4.78 is 4.60. The standard InChI is InChI=1S/C14H18N2O4/c1-20-13(18)10-4-6-11(7-5-10)15-14(19)16-8-2-3-12(16)9-17/h4-7,12,17H,2-3,8-9H2,1H3,(H,15,19)/t12-/m0/s1. The van der Waals surface area contributed by atoms with E-state index in [2.05, 4.69) is 10.1 Å². The fraction of sp³-hybridized carbons (Fsp3) is 0.429. The normalized spacial score (nSPS) is 17.9. The summed E-state index contributed by atoms with van der Waals surface area (Å²) in [6.45, 7) is 0.631. The summed E-state index contributed by atoms with van der Waals surface area (Å²) in [5.74, 6) is -0.414. The van der Waals surface area contributed by atoms with Crippen LogP contribution in [0.3, 0.4) is 0 Å². The molecule has 1 aliphatic heterocycles. The molecule has 1 saturated heterocycles. The van der Waals surface area contributed by atoms with Crippen LogP contribution in [0.5, 0.6) is 0 Å². The van der Waals surface area contributed by atoms with Gasteiger partial charge in [-0.05, 0) is 37.1 Å². The topological polar surface area (TPSA) is 78.9 Å². The molecule has 1 aromatic rings. The van der Waals surface area contributed by atoms with Crippen LogP contribution in [0.1, 0.15) is 23.2 Å². The molecule has 1 aliphatic rings. The quantitative estimate of drug-likeness (QED) is 0.820. The number of nitrogens with one attached hydrogen (secondary N) is 1. The smallest absolute Gasteiger partial charge is 0.337 e. The molecule has 1 atom stereocenters. The molecule has 1 heterocycles. The second-order valence-corrected chi connectivity index (χ2v) is 4.67. The summed E-state index contributed by atoms with van der Waals surface area (Å²) in [4.78, 5) is 25.0. The van der Waals surface area contributed by atoms with Crippen molar-refractivity contribution in [1.29, 1.82) is 0 Å². The van der Waals surface area contributed by atoms with Crippen molar-refractivity contribution >= 4 is 17.7 Å². The van der Waals surface area contributed by atoms with Crippen LogP contribution in [-0.2, 0) is 4.74 Å². The van der Waals surface area contributed by atoms with Gasteiger partial charge in [-0.2, -0.15) is 0 Å². The van der Waals surface area contributed by atoms with Gasteiger partial charge in [0.2, 0.25) is 0 Å². The fourth-order valence-corrected chi connectivity index (χ4v) is 2.30. The van der Waals surface area contributed by atoms with Crippen LogP contribution in [0.25, 0.3) is 0 Å². The number of carbonyl (C=O) groups excluding carboxylic acids is 2. The Morgan fingerprint density at radius 1 is 1.40 bits per heavy atom. The van der Waals surface area contributed by atoms with Crippen LogP contribution in [0.2, 0.25) is 0 Å². The van der Waals surface area contributed by atoms with E-state index in [9.17, 15) is 14.7 Å². The van der Waals surface area contributed by atoms with E-state index in [1.54, 1.807) is 29.2 Å². The molecular formula is C14H18N2O4. The van der Waals surface area contributed by atoms with E-state index >= 15 is 0 Å². The zero-order valence-corrected chi connectivity index (χ0v) is 11.3. The average molecular weight is 278 g/mol. The van der Waals surface area contributed by atoms with Crippen molar-refractivity contribution in [2.45, 2.75) is 18.9 Å². The van der Waals surface area contributed by atoms with Gasteiger partial charge in [-0.15, -0.1) is 0 Å². The molecule has 2 rings (SSSR count). The van der Waals surface area contributed by atoms with Gasteiger partial charge in [-0.3, -0.25) is 0 Å². The highest BCUT2D eigenvalue weighted by molar-refractivity contribution is 5.92. The van der Waals surface area contributed by atoms with Crippen molar-refractivity contribution < 1.29 is 19.4 Å². The van der Waals surface area contributed by atoms with Gasteiger partial charge in [0, 0.05) is 12.2 Å². The highest BCUT2D eigenvalue weighted by atomic mass is 16.5. The number of hydrogen-bond donors (Lipinski definition) is 2. The minimum atomic E-state index is -0.414. The molecule has 0 saturated carbocycles. The Labute approximate surface area is 117 Å². The number of rotatable bonds is 3. The number of hydrogen-bond acceptors (Lipinski definition) is 4. The number of amides is 2. The van der Waals surface area contributed by atoms with E-state index in [1.165, 1.54) is 7.11 Å². The van der Waals surface area contributed by atoms with Crippen molar-refractivity contribution in [1.82, 2.24) is 4.90 Å². The number of aliphatic hydroxyl groups is 1. The lowest BCUT2D eigenvalue weighted by molar-refractivity contribution is 0.0601. The van der Waals surface area contributed by atoms with Crippen LogP contribution >= 0.6 is 0 Å². The molecule has 6 nitrogen and oxygen atoms in total. The van der Waals surface area contributed by atoms with Gasteiger partial charge in [0.15, 0.2) is 0 Å². The second-order valence-electron chi connectivity index (χ2n) is 4.67. The zero-order chi connectivity index (χ0) is 14.5. The lowest BCUT2D eigenvalue weighted by Crippen LogP contribution is -2.40. The van der Waals surface area contributed by atoms with Crippen LogP contribution in [0.15, 0.2) is 24.3 Å². The Bertz CT molecular complexity index is 486. The zero-order valence-electron chi connectivity index (χ0n) is 11.3. The summed E-state index contributed by atoms with van der Waals surface area (Å²) >= 11 is 0. The summed E-state index contributed by atoms with van der Waals surface area (Å²) in [7, 11) is 1.32. The van der Waals surface area contributed by atoms with Crippen molar-refractivity contribution in [3.8, 4) is 0 Å². The number of likely N-dealkylation sites (tertiary alicyclic amines) is 1. The van der Waals surface area contributed by atoms with Crippen molar-refractivity contribution in [2.24, 2.45) is 0 Å². The van der Waals surface area contributed by atoms with Gasteiger partial charge in [0.05, 0.1) is 25.3 Å². The third-order valence-corrected chi connectivity index (χ3v) is 3.41. The molecule has 0 radical (unpaired) electrons. The number of esters is 1. The Hall–Kier alpha value is -2.08. The molecule has 0 bridgehead atoms. The second kappa shape index (κ2) is 6.38. The highest BCUT2D eigenvalue weighted by Crippen LogP contribution is 2.18. The minimum absolute atomic E-state index is 0.0191. The highest BCUT2D eigenvalue weighted by Gasteiger charge is 2.27. The number of nitrogens with zero attached hydrogens (tertiary/aromatic N) is 1. The van der Waals surface area contributed by atoms with Crippen LogP contribution in [0.4, 0.5) is 10.5 Å². The molecule has 6 heteroatoms. The molecule has 2 N–H and O–H groups in total. The summed E-state index contributed by atoms with van der Waals surface area (Å²) in [6.07, 6.45) is 1.73. The summed E-state index contributed by atoms with van der Waals surface area (Å²) in [5, 5.41) is 12.0. The average Bonchev–Trinajstić information content (AvgIpc) is 2.95. The lowest BCUT2D eigenvalue weighted by atomic mass is 10.2. The van der Waals surface area contributed by atoms with Gasteiger partial charge >= 0.3 is 12.0 Å². The first-order chi connectivity index (χ1) is 9.65. The predicted molar refractivity (Wildman–Crippen MR) is 73.6 cm³/mol. The molecule has 1 fully saturated rings. The molecule has 1 aromatic carbocycles. The van der Waals surface area contributed by atoms with Gasteiger partial charge in [-0.1, -0.05) is 0 Å². The Balaban J connectivity index is 1.99. The van der Waals surface area contributed by atoms with E-state index in [0.717, 1.165) is 12.8 Å². The van der Waals surface area contributed by atoms with Gasteiger partial charge in [0.25, 0.3) is 0 Å². The molecule has 20 heavy (non-hydrogen) atoms. The number of benzene rings is 1. The third kappa shape index (κ3) is 3.08. The summed E-state index contributed by atoms with van der Waals surface area (Å²) in [6, 6.07) is 6.14. The molecule has 0 aromatic heterocycles. The van der Waals surface area contributed by atoms with Crippen molar-refractivity contribution in [2.75, 3.05) is 25.6 Å². The molecule has 108 valence electrons. The molecule has 0 unspecified atom stereocenters. The lowest BCUT2D eigenvalue weighted by Gasteiger charge is -2.23. The first kappa shape index (κ1) is 14.3. The first-order valence-corrected chi connectivity index (χ1v) is 6.52. The first-order valence-electron chi connectivity index (χ1n) is 6.52. The molecular weight excluding hydrogens is 260 g/mol. The van der Waals surface area contributed by atoms with E-state index in [0.29, 0.717) is 17.8 Å². The van der Waals surface area contributed by atoms with Gasteiger partial charge in [0.1, 0.15) is 0 Å². The number of carbonyl (C=O) groups is 2. The van der Waals surface area contributed by atoms with Crippen LogP contribution < -0.4 is 5.32 Å². The predicted octanol–water partition coefficient (Wildman–Crippen LogP) is 1.46. The maximum absolute atomic E-state index is 12.1. The van der Waals surface area contributed by atoms with Crippen LogP contribution in [-0.4, -0.2) is 48.3 Å².